The summed E-state index contributed by atoms with van der Waals surface area (Å²) in [5.41, 5.74) is -0.409. The Morgan fingerprint density at radius 1 is 1.41 bits per heavy atom. The summed E-state index contributed by atoms with van der Waals surface area (Å²) in [7, 11) is 0. The van der Waals surface area contributed by atoms with Crippen molar-refractivity contribution in [3.8, 4) is 0 Å². The number of aliphatic carboxylic acids is 1. The van der Waals surface area contributed by atoms with Crippen LogP contribution in [0.3, 0.4) is 0 Å². The van der Waals surface area contributed by atoms with Crippen LogP contribution in [0.15, 0.2) is 24.3 Å². The molecule has 0 bridgehead atoms. The van der Waals surface area contributed by atoms with E-state index in [1.807, 2.05) is 13.0 Å². The van der Waals surface area contributed by atoms with E-state index in [4.69, 9.17) is 0 Å². The Hall–Kier alpha value is -1.91. The maximum Gasteiger partial charge on any atom is 0.329 e. The molecule has 2 N–H and O–H groups in total. The minimum Gasteiger partial charge on any atom is -0.480 e. The predicted octanol–water partition coefficient (Wildman–Crippen LogP) is 3.15. The van der Waals surface area contributed by atoms with Crippen LogP contribution in [0.5, 0.6) is 0 Å². The number of carbonyl (C=O) groups excluding carboxylic acids is 1. The van der Waals surface area contributed by atoms with Crippen molar-refractivity contribution < 1.29 is 19.1 Å². The molecule has 0 fully saturated rings. The zero-order valence-electron chi connectivity index (χ0n) is 13.4. The van der Waals surface area contributed by atoms with Crippen LogP contribution in [0.1, 0.15) is 45.6 Å². The minimum absolute atomic E-state index is 0.283. The van der Waals surface area contributed by atoms with Gasteiger partial charge in [0.15, 0.2) is 0 Å². The van der Waals surface area contributed by atoms with Gasteiger partial charge in [-0.15, -0.1) is 0 Å². The minimum atomic E-state index is -1.24. The number of aryl methyl sites for hydroxylation is 1. The lowest BCUT2D eigenvalue weighted by atomic mass is 9.94. The molecule has 1 aromatic carbocycles. The zero-order chi connectivity index (χ0) is 16.8. The Morgan fingerprint density at radius 3 is 2.64 bits per heavy atom. The highest BCUT2D eigenvalue weighted by Gasteiger charge is 2.34. The van der Waals surface area contributed by atoms with E-state index in [1.165, 1.54) is 19.1 Å². The highest BCUT2D eigenvalue weighted by molar-refractivity contribution is 5.87. The van der Waals surface area contributed by atoms with Crippen molar-refractivity contribution in [3.05, 3.63) is 35.6 Å². The van der Waals surface area contributed by atoms with Gasteiger partial charge < -0.3 is 10.4 Å². The first kappa shape index (κ1) is 18.1. The Balaban J connectivity index is 2.59. The second-order valence-electron chi connectivity index (χ2n) is 5.95. The van der Waals surface area contributed by atoms with Gasteiger partial charge in [0.2, 0.25) is 5.91 Å². The van der Waals surface area contributed by atoms with Crippen LogP contribution >= 0.6 is 0 Å². The summed E-state index contributed by atoms with van der Waals surface area (Å²) < 4.78 is 13.1. The molecule has 5 heteroatoms. The molecule has 0 saturated carbocycles. The Morgan fingerprint density at radius 2 is 2.09 bits per heavy atom. The van der Waals surface area contributed by atoms with Gasteiger partial charge in [-0.2, -0.15) is 0 Å². The van der Waals surface area contributed by atoms with Gasteiger partial charge in [0.05, 0.1) is 0 Å². The third kappa shape index (κ3) is 5.13. The highest BCUT2D eigenvalue weighted by Crippen LogP contribution is 2.16. The molecule has 122 valence electrons. The summed E-state index contributed by atoms with van der Waals surface area (Å²) in [5.74, 6) is -1.94. The van der Waals surface area contributed by atoms with Crippen LogP contribution in [-0.2, 0) is 16.0 Å². The fraction of sp³-hybridized carbons (Fsp3) is 0.529. The van der Waals surface area contributed by atoms with Gasteiger partial charge in [-0.05, 0) is 43.9 Å². The van der Waals surface area contributed by atoms with Gasteiger partial charge in [0.25, 0.3) is 0 Å². The first-order valence-electron chi connectivity index (χ1n) is 7.58. The zero-order valence-corrected chi connectivity index (χ0v) is 13.4. The summed E-state index contributed by atoms with van der Waals surface area (Å²) in [4.78, 5) is 23.5. The standard InChI is InChI=1S/C17H24FNO3/c1-4-10-17(3,16(21)22)19-15(20)12(2)8-9-13-6-5-7-14(18)11-13/h5-7,11-12H,4,8-10H2,1-3H3,(H,19,20)(H,21,22). The van der Waals surface area contributed by atoms with E-state index in [9.17, 15) is 19.1 Å². The Kier molecular flexibility index (Phi) is 6.53. The van der Waals surface area contributed by atoms with Crippen molar-refractivity contribution in [1.29, 1.82) is 0 Å². The van der Waals surface area contributed by atoms with Gasteiger partial charge >= 0.3 is 5.97 Å². The lowest BCUT2D eigenvalue weighted by molar-refractivity contribution is -0.147. The fourth-order valence-corrected chi connectivity index (χ4v) is 2.32. The summed E-state index contributed by atoms with van der Waals surface area (Å²) in [6, 6.07) is 6.27. The molecule has 0 aliphatic rings. The molecule has 1 aromatic rings. The van der Waals surface area contributed by atoms with Gasteiger partial charge in [-0.25, -0.2) is 9.18 Å². The summed E-state index contributed by atoms with van der Waals surface area (Å²) in [6.07, 6.45) is 2.16. The largest absolute Gasteiger partial charge is 0.480 e. The van der Waals surface area contributed by atoms with Crippen LogP contribution in [0.4, 0.5) is 4.39 Å². The van der Waals surface area contributed by atoms with Crippen LogP contribution in [0.25, 0.3) is 0 Å². The maximum atomic E-state index is 13.1. The fourth-order valence-electron chi connectivity index (χ4n) is 2.32. The van der Waals surface area contributed by atoms with E-state index < -0.39 is 11.5 Å². The van der Waals surface area contributed by atoms with Crippen molar-refractivity contribution >= 4 is 11.9 Å². The maximum absolute atomic E-state index is 13.1. The van der Waals surface area contributed by atoms with E-state index >= 15 is 0 Å². The van der Waals surface area contributed by atoms with Crippen LogP contribution in [0.2, 0.25) is 0 Å². The number of rotatable bonds is 8. The second kappa shape index (κ2) is 7.92. The molecule has 0 heterocycles. The molecular formula is C17H24FNO3. The smallest absolute Gasteiger partial charge is 0.329 e. The Labute approximate surface area is 130 Å². The van der Waals surface area contributed by atoms with Crippen molar-refractivity contribution in [1.82, 2.24) is 5.32 Å². The first-order valence-corrected chi connectivity index (χ1v) is 7.58. The van der Waals surface area contributed by atoms with E-state index in [0.717, 1.165) is 5.56 Å². The lowest BCUT2D eigenvalue weighted by Crippen LogP contribution is -2.53. The molecule has 2 atom stereocenters. The normalized spacial score (nSPS) is 14.9. The van der Waals surface area contributed by atoms with Gasteiger partial charge in [0, 0.05) is 5.92 Å². The number of hydrogen-bond donors (Lipinski definition) is 2. The number of nitrogens with one attached hydrogen (secondary N) is 1. The summed E-state index contributed by atoms with van der Waals surface area (Å²) >= 11 is 0. The third-order valence-electron chi connectivity index (χ3n) is 3.82. The van der Waals surface area contributed by atoms with E-state index in [0.29, 0.717) is 25.7 Å². The van der Waals surface area contributed by atoms with Crippen LogP contribution in [0, 0.1) is 11.7 Å². The molecule has 0 spiro atoms. The van der Waals surface area contributed by atoms with Crippen LogP contribution in [-0.4, -0.2) is 22.5 Å². The topological polar surface area (TPSA) is 66.4 Å². The number of halogens is 1. The molecule has 2 unspecified atom stereocenters. The number of carboxylic acids is 1. The number of amides is 1. The van der Waals surface area contributed by atoms with Crippen molar-refractivity contribution in [2.45, 2.75) is 52.0 Å². The predicted molar refractivity (Wildman–Crippen MR) is 83.0 cm³/mol. The van der Waals surface area contributed by atoms with Gasteiger partial charge in [-0.3, -0.25) is 4.79 Å². The molecule has 0 aliphatic carbocycles. The average molecular weight is 309 g/mol. The van der Waals surface area contributed by atoms with Crippen molar-refractivity contribution in [2.24, 2.45) is 5.92 Å². The molecule has 1 rings (SSSR count). The van der Waals surface area contributed by atoms with Crippen molar-refractivity contribution in [3.63, 3.8) is 0 Å². The van der Waals surface area contributed by atoms with Crippen LogP contribution < -0.4 is 5.32 Å². The second-order valence-corrected chi connectivity index (χ2v) is 5.95. The number of carbonyl (C=O) groups is 2. The van der Waals surface area contributed by atoms with E-state index in [1.54, 1.807) is 13.0 Å². The van der Waals surface area contributed by atoms with Gasteiger partial charge in [-0.1, -0.05) is 32.4 Å². The highest BCUT2D eigenvalue weighted by atomic mass is 19.1. The summed E-state index contributed by atoms with van der Waals surface area (Å²) in [6.45, 7) is 5.15. The molecule has 1 amide bonds. The third-order valence-corrected chi connectivity index (χ3v) is 3.82. The lowest BCUT2D eigenvalue weighted by Gasteiger charge is -2.27. The quantitative estimate of drug-likeness (QED) is 0.775. The van der Waals surface area contributed by atoms with Crippen molar-refractivity contribution in [2.75, 3.05) is 0 Å². The monoisotopic (exact) mass is 309 g/mol. The summed E-state index contributed by atoms with van der Waals surface area (Å²) in [5, 5.41) is 11.9. The molecule has 0 saturated heterocycles. The number of benzene rings is 1. The molecule has 0 radical (unpaired) electrons. The van der Waals surface area contributed by atoms with E-state index in [-0.39, 0.29) is 17.6 Å². The Bertz CT molecular complexity index is 532. The van der Waals surface area contributed by atoms with Gasteiger partial charge in [0.1, 0.15) is 11.4 Å². The first-order chi connectivity index (χ1) is 10.3. The average Bonchev–Trinajstić information content (AvgIpc) is 2.44. The molecule has 0 aromatic heterocycles. The molecule has 4 nitrogen and oxygen atoms in total. The molecule has 0 aliphatic heterocycles. The van der Waals surface area contributed by atoms with E-state index in [2.05, 4.69) is 5.32 Å². The number of hydrogen-bond acceptors (Lipinski definition) is 2. The molecular weight excluding hydrogens is 285 g/mol. The SMILES string of the molecule is CCCC(C)(NC(=O)C(C)CCc1cccc(F)c1)C(=O)O. The molecule has 22 heavy (non-hydrogen) atoms. The number of carboxylic acid groups (broad SMARTS) is 1.